The van der Waals surface area contributed by atoms with Crippen molar-refractivity contribution in [1.29, 1.82) is 0 Å². The molecular weight excluding hydrogens is 282 g/mol. The van der Waals surface area contributed by atoms with E-state index in [0.29, 0.717) is 6.04 Å². The lowest BCUT2D eigenvalue weighted by atomic mass is 10.2. The van der Waals surface area contributed by atoms with Crippen molar-refractivity contribution < 1.29 is 0 Å². The average Bonchev–Trinajstić information content (AvgIpc) is 3.16. The standard InChI is InChI=1S/C15H19N5S/c16-13-6-2-1-5-12(13)14-17-18-15(21-14)20-9-8-19-7-3-4-11(19)10-20/h1-2,5-6,11H,3-4,7-10,16H2/t11-/m0/s1. The first-order valence-electron chi connectivity index (χ1n) is 7.48. The van der Waals surface area contributed by atoms with Crippen molar-refractivity contribution >= 4 is 22.2 Å². The Labute approximate surface area is 128 Å². The van der Waals surface area contributed by atoms with Crippen LogP contribution in [-0.4, -0.2) is 47.3 Å². The molecule has 2 saturated heterocycles. The molecule has 0 spiro atoms. The molecule has 2 N–H and O–H groups in total. The summed E-state index contributed by atoms with van der Waals surface area (Å²) in [7, 11) is 0. The zero-order valence-electron chi connectivity index (χ0n) is 11.9. The number of nitrogens with two attached hydrogens (primary N) is 1. The van der Waals surface area contributed by atoms with Gasteiger partial charge < -0.3 is 10.6 Å². The van der Waals surface area contributed by atoms with Crippen molar-refractivity contribution in [1.82, 2.24) is 15.1 Å². The number of nitrogens with zero attached hydrogens (tertiary/aromatic N) is 4. The van der Waals surface area contributed by atoms with Crippen LogP contribution in [0.4, 0.5) is 10.8 Å². The molecule has 1 atom stereocenters. The number of nitrogen functional groups attached to an aromatic ring is 1. The molecule has 6 heteroatoms. The summed E-state index contributed by atoms with van der Waals surface area (Å²) >= 11 is 1.65. The fraction of sp³-hybridized carbons (Fsp3) is 0.467. The summed E-state index contributed by atoms with van der Waals surface area (Å²) in [5.74, 6) is 0. The number of para-hydroxylation sites is 1. The fourth-order valence-electron chi connectivity index (χ4n) is 3.31. The van der Waals surface area contributed by atoms with Gasteiger partial charge in [0.25, 0.3) is 0 Å². The van der Waals surface area contributed by atoms with E-state index in [1.807, 2.05) is 24.3 Å². The number of rotatable bonds is 2. The van der Waals surface area contributed by atoms with Gasteiger partial charge in [-0.05, 0) is 31.5 Å². The van der Waals surface area contributed by atoms with Crippen LogP contribution in [0.1, 0.15) is 12.8 Å². The van der Waals surface area contributed by atoms with Gasteiger partial charge in [-0.2, -0.15) is 0 Å². The van der Waals surface area contributed by atoms with Crippen LogP contribution in [0, 0.1) is 0 Å². The molecule has 3 heterocycles. The lowest BCUT2D eigenvalue weighted by Gasteiger charge is -2.37. The molecule has 0 aliphatic carbocycles. The summed E-state index contributed by atoms with van der Waals surface area (Å²) in [5.41, 5.74) is 7.78. The summed E-state index contributed by atoms with van der Waals surface area (Å²) in [5, 5.41) is 10.7. The number of benzene rings is 1. The van der Waals surface area contributed by atoms with E-state index in [4.69, 9.17) is 5.73 Å². The maximum Gasteiger partial charge on any atom is 0.208 e. The molecule has 0 bridgehead atoms. The van der Waals surface area contributed by atoms with Crippen LogP contribution < -0.4 is 10.6 Å². The second-order valence-electron chi connectivity index (χ2n) is 5.76. The van der Waals surface area contributed by atoms with Crippen LogP contribution >= 0.6 is 11.3 Å². The molecule has 5 nitrogen and oxygen atoms in total. The number of hydrogen-bond acceptors (Lipinski definition) is 6. The maximum absolute atomic E-state index is 6.03. The highest BCUT2D eigenvalue weighted by atomic mass is 32.1. The van der Waals surface area contributed by atoms with E-state index in [1.54, 1.807) is 11.3 Å². The molecular formula is C15H19N5S. The van der Waals surface area contributed by atoms with Gasteiger partial charge in [0.05, 0.1) is 0 Å². The minimum Gasteiger partial charge on any atom is -0.398 e. The first kappa shape index (κ1) is 13.0. The van der Waals surface area contributed by atoms with Crippen LogP contribution in [0.25, 0.3) is 10.6 Å². The lowest BCUT2D eigenvalue weighted by Crippen LogP contribution is -2.50. The Kier molecular flexibility index (Phi) is 3.27. The van der Waals surface area contributed by atoms with Crippen LogP contribution in [0.5, 0.6) is 0 Å². The minimum absolute atomic E-state index is 0.702. The Hall–Kier alpha value is -1.66. The minimum atomic E-state index is 0.702. The van der Waals surface area contributed by atoms with Gasteiger partial charge in [-0.1, -0.05) is 23.5 Å². The van der Waals surface area contributed by atoms with Crippen LogP contribution in [0.2, 0.25) is 0 Å². The Bertz CT molecular complexity index is 640. The normalized spacial score (nSPS) is 22.5. The van der Waals surface area contributed by atoms with E-state index < -0.39 is 0 Å². The highest BCUT2D eigenvalue weighted by molar-refractivity contribution is 7.18. The third-order valence-electron chi connectivity index (χ3n) is 4.46. The van der Waals surface area contributed by atoms with E-state index >= 15 is 0 Å². The summed E-state index contributed by atoms with van der Waals surface area (Å²) in [6.07, 6.45) is 2.65. The van der Waals surface area contributed by atoms with E-state index in [9.17, 15) is 0 Å². The first-order chi connectivity index (χ1) is 10.3. The van der Waals surface area contributed by atoms with E-state index in [2.05, 4.69) is 20.0 Å². The van der Waals surface area contributed by atoms with Crippen LogP contribution in [0.15, 0.2) is 24.3 Å². The van der Waals surface area contributed by atoms with Gasteiger partial charge in [0.1, 0.15) is 0 Å². The molecule has 1 aromatic carbocycles. The van der Waals surface area contributed by atoms with E-state index in [1.165, 1.54) is 19.4 Å². The number of aromatic nitrogens is 2. The molecule has 2 aliphatic heterocycles. The lowest BCUT2D eigenvalue weighted by molar-refractivity contribution is 0.231. The average molecular weight is 301 g/mol. The van der Waals surface area contributed by atoms with Gasteiger partial charge in [-0.3, -0.25) is 4.90 Å². The zero-order valence-corrected chi connectivity index (χ0v) is 12.7. The Morgan fingerprint density at radius 3 is 2.95 bits per heavy atom. The third-order valence-corrected chi connectivity index (χ3v) is 5.48. The van der Waals surface area contributed by atoms with Crippen molar-refractivity contribution in [2.24, 2.45) is 0 Å². The van der Waals surface area contributed by atoms with Gasteiger partial charge in [0, 0.05) is 36.9 Å². The van der Waals surface area contributed by atoms with E-state index in [-0.39, 0.29) is 0 Å². The van der Waals surface area contributed by atoms with Gasteiger partial charge in [0.15, 0.2) is 5.01 Å². The zero-order chi connectivity index (χ0) is 14.2. The number of anilines is 2. The molecule has 2 aromatic rings. The molecule has 2 aliphatic rings. The molecule has 1 aromatic heterocycles. The van der Waals surface area contributed by atoms with E-state index in [0.717, 1.165) is 41.0 Å². The quantitative estimate of drug-likeness (QED) is 0.861. The first-order valence-corrected chi connectivity index (χ1v) is 8.30. The Morgan fingerprint density at radius 2 is 2.05 bits per heavy atom. The highest BCUT2D eigenvalue weighted by Crippen LogP contribution is 2.33. The number of hydrogen-bond donors (Lipinski definition) is 1. The summed E-state index contributed by atoms with van der Waals surface area (Å²) in [6.45, 7) is 4.54. The topological polar surface area (TPSA) is 58.3 Å². The second kappa shape index (κ2) is 5.27. The molecule has 2 fully saturated rings. The smallest absolute Gasteiger partial charge is 0.208 e. The van der Waals surface area contributed by atoms with Crippen molar-refractivity contribution in [2.75, 3.05) is 36.8 Å². The SMILES string of the molecule is Nc1ccccc1-c1nnc(N2CCN3CCC[C@H]3C2)s1. The maximum atomic E-state index is 6.03. The summed E-state index contributed by atoms with van der Waals surface area (Å²) in [6, 6.07) is 8.56. The van der Waals surface area contributed by atoms with Crippen molar-refractivity contribution in [2.45, 2.75) is 18.9 Å². The Balaban J connectivity index is 1.56. The van der Waals surface area contributed by atoms with Gasteiger partial charge in [0.2, 0.25) is 5.13 Å². The molecule has 4 rings (SSSR count). The largest absolute Gasteiger partial charge is 0.398 e. The molecule has 0 radical (unpaired) electrons. The third kappa shape index (κ3) is 2.38. The predicted octanol–water partition coefficient (Wildman–Crippen LogP) is 2.07. The van der Waals surface area contributed by atoms with Crippen molar-refractivity contribution in [3.8, 4) is 10.6 Å². The van der Waals surface area contributed by atoms with Gasteiger partial charge in [-0.15, -0.1) is 10.2 Å². The molecule has 0 saturated carbocycles. The van der Waals surface area contributed by atoms with Gasteiger partial charge >= 0.3 is 0 Å². The molecule has 21 heavy (non-hydrogen) atoms. The van der Waals surface area contributed by atoms with Crippen molar-refractivity contribution in [3.63, 3.8) is 0 Å². The molecule has 110 valence electrons. The second-order valence-corrected chi connectivity index (χ2v) is 6.71. The van der Waals surface area contributed by atoms with Crippen LogP contribution in [0.3, 0.4) is 0 Å². The van der Waals surface area contributed by atoms with Gasteiger partial charge in [-0.25, -0.2) is 0 Å². The van der Waals surface area contributed by atoms with Crippen LogP contribution in [-0.2, 0) is 0 Å². The monoisotopic (exact) mass is 301 g/mol. The predicted molar refractivity (Wildman–Crippen MR) is 86.6 cm³/mol. The fourth-order valence-corrected chi connectivity index (χ4v) is 4.24. The highest BCUT2D eigenvalue weighted by Gasteiger charge is 2.31. The van der Waals surface area contributed by atoms with Crippen molar-refractivity contribution in [3.05, 3.63) is 24.3 Å². The summed E-state index contributed by atoms with van der Waals surface area (Å²) in [4.78, 5) is 4.99. The number of fused-ring (bicyclic) bond motifs is 1. The molecule has 0 unspecified atom stereocenters. The summed E-state index contributed by atoms with van der Waals surface area (Å²) < 4.78 is 0. The molecule has 0 amide bonds. The Morgan fingerprint density at radius 1 is 1.14 bits per heavy atom. The number of piperazine rings is 1.